The van der Waals surface area contributed by atoms with E-state index >= 15 is 0 Å². The summed E-state index contributed by atoms with van der Waals surface area (Å²) in [5.74, 6) is 3.82. The Bertz CT molecular complexity index is 146. The standard InChI is InChI=1S/C10H19NS/c1-8-5-9(2)11(8)6-10-3-4-12-7-10/h8-10H,3-7H2,1-2H3. The number of rotatable bonds is 2. The molecule has 2 aliphatic rings. The van der Waals surface area contributed by atoms with Gasteiger partial charge in [-0.15, -0.1) is 0 Å². The van der Waals surface area contributed by atoms with Gasteiger partial charge in [-0.2, -0.15) is 11.8 Å². The summed E-state index contributed by atoms with van der Waals surface area (Å²) >= 11 is 2.13. The smallest absolute Gasteiger partial charge is 0.00846 e. The van der Waals surface area contributed by atoms with Gasteiger partial charge in [0, 0.05) is 18.6 Å². The molecule has 2 heterocycles. The molecular formula is C10H19NS. The summed E-state index contributed by atoms with van der Waals surface area (Å²) in [6, 6.07) is 1.73. The van der Waals surface area contributed by atoms with Crippen LogP contribution < -0.4 is 0 Å². The van der Waals surface area contributed by atoms with Crippen molar-refractivity contribution in [3.63, 3.8) is 0 Å². The zero-order valence-corrected chi connectivity index (χ0v) is 8.94. The Balaban J connectivity index is 1.77. The van der Waals surface area contributed by atoms with E-state index in [9.17, 15) is 0 Å². The number of hydrogen-bond donors (Lipinski definition) is 0. The third kappa shape index (κ3) is 1.64. The molecule has 0 N–H and O–H groups in total. The fourth-order valence-corrected chi connectivity index (χ4v) is 3.72. The van der Waals surface area contributed by atoms with E-state index in [2.05, 4.69) is 30.5 Å². The average molecular weight is 185 g/mol. The van der Waals surface area contributed by atoms with Crippen LogP contribution in [0.1, 0.15) is 26.7 Å². The molecule has 12 heavy (non-hydrogen) atoms. The van der Waals surface area contributed by atoms with Crippen LogP contribution in [0.2, 0.25) is 0 Å². The number of likely N-dealkylation sites (tertiary alicyclic amines) is 1. The van der Waals surface area contributed by atoms with Gasteiger partial charge in [0.25, 0.3) is 0 Å². The van der Waals surface area contributed by atoms with Crippen molar-refractivity contribution in [2.45, 2.75) is 38.8 Å². The normalized spacial score (nSPS) is 43.0. The zero-order chi connectivity index (χ0) is 8.55. The summed E-state index contributed by atoms with van der Waals surface area (Å²) in [4.78, 5) is 2.68. The van der Waals surface area contributed by atoms with E-state index in [1.807, 2.05) is 0 Å². The molecule has 0 aliphatic carbocycles. The topological polar surface area (TPSA) is 3.24 Å². The largest absolute Gasteiger partial charge is 0.298 e. The number of hydrogen-bond acceptors (Lipinski definition) is 2. The van der Waals surface area contributed by atoms with Gasteiger partial charge in [-0.3, -0.25) is 4.90 Å². The van der Waals surface area contributed by atoms with Gasteiger partial charge >= 0.3 is 0 Å². The van der Waals surface area contributed by atoms with Gasteiger partial charge < -0.3 is 0 Å². The predicted octanol–water partition coefficient (Wildman–Crippen LogP) is 2.22. The Hall–Kier alpha value is 0.310. The number of thioether (sulfide) groups is 1. The van der Waals surface area contributed by atoms with Crippen molar-refractivity contribution < 1.29 is 0 Å². The minimum atomic E-state index is 0.866. The monoisotopic (exact) mass is 185 g/mol. The van der Waals surface area contributed by atoms with Crippen LogP contribution in [-0.2, 0) is 0 Å². The first kappa shape index (κ1) is 8.89. The molecule has 0 aromatic carbocycles. The van der Waals surface area contributed by atoms with Gasteiger partial charge in [-0.05, 0) is 44.1 Å². The summed E-state index contributed by atoms with van der Waals surface area (Å²) in [6.07, 6.45) is 2.88. The van der Waals surface area contributed by atoms with Gasteiger partial charge in [0.2, 0.25) is 0 Å². The molecule has 0 aromatic heterocycles. The third-order valence-corrected chi connectivity index (χ3v) is 4.54. The van der Waals surface area contributed by atoms with Crippen molar-refractivity contribution in [3.05, 3.63) is 0 Å². The quantitative estimate of drug-likeness (QED) is 0.649. The average Bonchev–Trinajstić information content (AvgIpc) is 2.52. The molecule has 0 saturated carbocycles. The van der Waals surface area contributed by atoms with E-state index in [0.717, 1.165) is 18.0 Å². The fourth-order valence-electron chi connectivity index (χ4n) is 2.45. The van der Waals surface area contributed by atoms with Crippen molar-refractivity contribution in [1.29, 1.82) is 0 Å². The van der Waals surface area contributed by atoms with Crippen LogP contribution in [-0.4, -0.2) is 35.0 Å². The molecule has 2 saturated heterocycles. The van der Waals surface area contributed by atoms with Crippen molar-refractivity contribution >= 4 is 11.8 Å². The highest BCUT2D eigenvalue weighted by Gasteiger charge is 2.33. The lowest BCUT2D eigenvalue weighted by atomic mass is 9.93. The SMILES string of the molecule is CC1CC(C)N1CC1CCSC1. The van der Waals surface area contributed by atoms with Crippen molar-refractivity contribution in [1.82, 2.24) is 4.90 Å². The van der Waals surface area contributed by atoms with Gasteiger partial charge in [0.15, 0.2) is 0 Å². The van der Waals surface area contributed by atoms with E-state index in [-0.39, 0.29) is 0 Å². The molecule has 70 valence electrons. The van der Waals surface area contributed by atoms with Gasteiger partial charge in [-0.1, -0.05) is 0 Å². The first-order valence-electron chi connectivity index (χ1n) is 5.11. The summed E-state index contributed by atoms with van der Waals surface area (Å²) in [5, 5.41) is 0. The zero-order valence-electron chi connectivity index (χ0n) is 8.12. The Morgan fingerprint density at radius 3 is 2.58 bits per heavy atom. The molecule has 0 bridgehead atoms. The van der Waals surface area contributed by atoms with Crippen LogP contribution in [0.4, 0.5) is 0 Å². The molecule has 0 radical (unpaired) electrons. The van der Waals surface area contributed by atoms with Crippen molar-refractivity contribution in [3.8, 4) is 0 Å². The molecule has 2 aliphatic heterocycles. The van der Waals surface area contributed by atoms with E-state index in [4.69, 9.17) is 0 Å². The Labute approximate surface area is 79.9 Å². The molecule has 0 aromatic rings. The molecule has 2 fully saturated rings. The van der Waals surface area contributed by atoms with Crippen LogP contribution in [0.15, 0.2) is 0 Å². The fraction of sp³-hybridized carbons (Fsp3) is 1.00. The lowest BCUT2D eigenvalue weighted by Crippen LogP contribution is -2.54. The molecule has 2 heteroatoms. The maximum atomic E-state index is 2.68. The summed E-state index contributed by atoms with van der Waals surface area (Å²) in [7, 11) is 0. The number of nitrogens with zero attached hydrogens (tertiary/aromatic N) is 1. The Morgan fingerprint density at radius 2 is 2.08 bits per heavy atom. The Kier molecular flexibility index (Phi) is 2.66. The second-order valence-corrected chi connectivity index (χ2v) is 5.51. The maximum absolute atomic E-state index is 2.68. The molecule has 2 rings (SSSR count). The first-order valence-corrected chi connectivity index (χ1v) is 6.26. The summed E-state index contributed by atoms with van der Waals surface area (Å²) in [6.45, 7) is 6.10. The van der Waals surface area contributed by atoms with Crippen LogP contribution in [0, 0.1) is 5.92 Å². The lowest BCUT2D eigenvalue weighted by Gasteiger charge is -2.46. The van der Waals surface area contributed by atoms with Gasteiger partial charge in [0.1, 0.15) is 0 Å². The predicted molar refractivity (Wildman–Crippen MR) is 55.7 cm³/mol. The highest BCUT2D eigenvalue weighted by molar-refractivity contribution is 7.99. The van der Waals surface area contributed by atoms with E-state index in [1.165, 1.54) is 30.9 Å². The minimum absolute atomic E-state index is 0.866. The van der Waals surface area contributed by atoms with Gasteiger partial charge in [0.05, 0.1) is 0 Å². The first-order chi connectivity index (χ1) is 5.77. The Morgan fingerprint density at radius 1 is 1.33 bits per heavy atom. The molecule has 1 nitrogen and oxygen atoms in total. The van der Waals surface area contributed by atoms with Crippen molar-refractivity contribution in [2.24, 2.45) is 5.92 Å². The maximum Gasteiger partial charge on any atom is 0.00846 e. The lowest BCUT2D eigenvalue weighted by molar-refractivity contribution is 0.0255. The minimum Gasteiger partial charge on any atom is -0.298 e. The summed E-state index contributed by atoms with van der Waals surface area (Å²) < 4.78 is 0. The van der Waals surface area contributed by atoms with E-state index in [1.54, 1.807) is 0 Å². The molecule has 0 amide bonds. The third-order valence-electron chi connectivity index (χ3n) is 3.31. The second-order valence-electron chi connectivity index (χ2n) is 4.36. The van der Waals surface area contributed by atoms with Gasteiger partial charge in [-0.25, -0.2) is 0 Å². The second kappa shape index (κ2) is 3.59. The van der Waals surface area contributed by atoms with Crippen LogP contribution in [0.5, 0.6) is 0 Å². The van der Waals surface area contributed by atoms with Crippen LogP contribution >= 0.6 is 11.8 Å². The molecule has 3 atom stereocenters. The van der Waals surface area contributed by atoms with E-state index in [0.29, 0.717) is 0 Å². The molecule has 3 unspecified atom stereocenters. The molecule has 0 spiro atoms. The molecular weight excluding hydrogens is 166 g/mol. The van der Waals surface area contributed by atoms with E-state index < -0.39 is 0 Å². The van der Waals surface area contributed by atoms with Crippen molar-refractivity contribution in [2.75, 3.05) is 18.1 Å². The van der Waals surface area contributed by atoms with Crippen LogP contribution in [0.25, 0.3) is 0 Å². The van der Waals surface area contributed by atoms with Crippen LogP contribution in [0.3, 0.4) is 0 Å². The highest BCUT2D eigenvalue weighted by Crippen LogP contribution is 2.30. The summed E-state index contributed by atoms with van der Waals surface area (Å²) in [5.41, 5.74) is 0. The highest BCUT2D eigenvalue weighted by atomic mass is 32.2.